The van der Waals surface area contributed by atoms with Crippen molar-refractivity contribution in [1.29, 1.82) is 0 Å². The molecule has 3 rings (SSSR count). The highest BCUT2D eigenvalue weighted by molar-refractivity contribution is 7.99. The smallest absolute Gasteiger partial charge is 0.220 e. The van der Waals surface area contributed by atoms with Crippen molar-refractivity contribution in [3.63, 3.8) is 0 Å². The van der Waals surface area contributed by atoms with E-state index < -0.39 is 0 Å². The van der Waals surface area contributed by atoms with Crippen LogP contribution in [0.5, 0.6) is 5.75 Å². The average molecular weight is 439 g/mol. The van der Waals surface area contributed by atoms with Gasteiger partial charge >= 0.3 is 0 Å². The number of carbonyl (C=O) groups excluding carboxylic acids is 1. The van der Waals surface area contributed by atoms with E-state index >= 15 is 0 Å². The molecule has 1 amide bonds. The van der Waals surface area contributed by atoms with E-state index in [1.165, 1.54) is 0 Å². The van der Waals surface area contributed by atoms with Gasteiger partial charge in [-0.25, -0.2) is 0 Å². The Morgan fingerprint density at radius 2 is 1.94 bits per heavy atom. The minimum absolute atomic E-state index is 0.114. The third kappa shape index (κ3) is 6.59. The van der Waals surface area contributed by atoms with Crippen LogP contribution >= 0.6 is 11.8 Å². The monoisotopic (exact) mass is 438 g/mol. The minimum atomic E-state index is 0.114. The molecule has 0 unspecified atom stereocenters. The second kappa shape index (κ2) is 11.6. The lowest BCUT2D eigenvalue weighted by molar-refractivity contribution is -0.121. The van der Waals surface area contributed by atoms with Gasteiger partial charge in [-0.15, -0.1) is 10.2 Å². The van der Waals surface area contributed by atoms with Crippen molar-refractivity contribution in [2.45, 2.75) is 38.3 Å². The highest BCUT2D eigenvalue weighted by atomic mass is 32.2. The second-order valence-electron chi connectivity index (χ2n) is 7.69. The fourth-order valence-corrected chi connectivity index (χ4v) is 4.00. The summed E-state index contributed by atoms with van der Waals surface area (Å²) in [7, 11) is 1.65. The summed E-state index contributed by atoms with van der Waals surface area (Å²) in [5.74, 6) is 3.04. The second-order valence-corrected chi connectivity index (χ2v) is 8.76. The van der Waals surface area contributed by atoms with Crippen LogP contribution in [0.4, 0.5) is 0 Å². The van der Waals surface area contributed by atoms with Gasteiger partial charge in [-0.1, -0.05) is 55.9 Å². The lowest BCUT2D eigenvalue weighted by Gasteiger charge is -2.11. The molecule has 1 heterocycles. The third-order valence-electron chi connectivity index (χ3n) is 4.80. The molecule has 0 saturated heterocycles. The Kier molecular flexibility index (Phi) is 8.53. The van der Waals surface area contributed by atoms with Gasteiger partial charge in [0.2, 0.25) is 5.91 Å². The zero-order valence-electron chi connectivity index (χ0n) is 18.4. The highest BCUT2D eigenvalue weighted by Gasteiger charge is 2.16. The van der Waals surface area contributed by atoms with E-state index in [-0.39, 0.29) is 5.91 Å². The summed E-state index contributed by atoms with van der Waals surface area (Å²) in [6.07, 6.45) is 2.31. The molecule has 1 N–H and O–H groups in total. The number of rotatable bonds is 11. The normalized spacial score (nSPS) is 11.0. The number of aromatic nitrogens is 3. The number of hydrogen-bond acceptors (Lipinski definition) is 5. The van der Waals surface area contributed by atoms with Gasteiger partial charge in [0.05, 0.1) is 7.11 Å². The van der Waals surface area contributed by atoms with Crippen molar-refractivity contribution in [2.75, 3.05) is 19.4 Å². The molecule has 31 heavy (non-hydrogen) atoms. The van der Waals surface area contributed by atoms with Crippen LogP contribution in [0.15, 0.2) is 59.8 Å². The number of para-hydroxylation sites is 1. The Morgan fingerprint density at radius 3 is 2.68 bits per heavy atom. The van der Waals surface area contributed by atoms with Gasteiger partial charge in [0, 0.05) is 30.0 Å². The molecular formula is C24H30N4O2S. The number of ether oxygens (including phenoxy) is 1. The highest BCUT2D eigenvalue weighted by Crippen LogP contribution is 2.30. The first-order chi connectivity index (χ1) is 15.1. The summed E-state index contributed by atoms with van der Waals surface area (Å²) in [5.41, 5.74) is 1.94. The van der Waals surface area contributed by atoms with Crippen molar-refractivity contribution < 1.29 is 9.53 Å². The summed E-state index contributed by atoms with van der Waals surface area (Å²) in [4.78, 5) is 12.0. The van der Waals surface area contributed by atoms with Crippen molar-refractivity contribution in [1.82, 2.24) is 20.1 Å². The Morgan fingerprint density at radius 1 is 1.13 bits per heavy atom. The van der Waals surface area contributed by atoms with Gasteiger partial charge in [-0.3, -0.25) is 9.36 Å². The standard InChI is InChI=1S/C24H30N4O2S/c1-18(2)14-15-25-22(29)13-8-16-31-24-27-26-23(19-9-7-12-21(17-19)30-3)28(24)20-10-5-4-6-11-20/h4-7,9-12,17-18H,8,13-16H2,1-3H3,(H,25,29). The van der Waals surface area contributed by atoms with Gasteiger partial charge in [-0.2, -0.15) is 0 Å². The summed E-state index contributed by atoms with van der Waals surface area (Å²) >= 11 is 1.62. The zero-order chi connectivity index (χ0) is 22.1. The van der Waals surface area contributed by atoms with E-state index in [2.05, 4.69) is 33.9 Å². The summed E-state index contributed by atoms with van der Waals surface area (Å²) < 4.78 is 7.43. The first-order valence-electron chi connectivity index (χ1n) is 10.6. The molecule has 0 radical (unpaired) electrons. The fourth-order valence-electron chi connectivity index (χ4n) is 3.11. The molecule has 3 aromatic rings. The Labute approximate surface area is 188 Å². The predicted molar refractivity (Wildman–Crippen MR) is 126 cm³/mol. The molecule has 0 fully saturated rings. The van der Waals surface area contributed by atoms with Gasteiger partial charge in [-0.05, 0) is 43.0 Å². The van der Waals surface area contributed by atoms with Crippen LogP contribution in [-0.4, -0.2) is 40.1 Å². The molecule has 0 bridgehead atoms. The Bertz CT molecular complexity index is 973. The van der Waals surface area contributed by atoms with E-state index in [0.29, 0.717) is 12.3 Å². The molecule has 0 saturated carbocycles. The van der Waals surface area contributed by atoms with Crippen LogP contribution in [0.1, 0.15) is 33.1 Å². The predicted octanol–water partition coefficient (Wildman–Crippen LogP) is 4.98. The molecule has 6 nitrogen and oxygen atoms in total. The van der Waals surface area contributed by atoms with Crippen molar-refractivity contribution in [2.24, 2.45) is 5.92 Å². The number of nitrogens with one attached hydrogen (secondary N) is 1. The van der Waals surface area contributed by atoms with Crippen LogP contribution in [0.2, 0.25) is 0 Å². The van der Waals surface area contributed by atoms with Crippen LogP contribution in [0.25, 0.3) is 17.1 Å². The third-order valence-corrected chi connectivity index (χ3v) is 5.81. The first kappa shape index (κ1) is 22.9. The Hall–Kier alpha value is -2.80. The molecule has 0 aliphatic heterocycles. The number of methoxy groups -OCH3 is 1. The lowest BCUT2D eigenvalue weighted by atomic mass is 10.1. The Balaban J connectivity index is 1.69. The lowest BCUT2D eigenvalue weighted by Crippen LogP contribution is -2.25. The molecule has 164 valence electrons. The molecular weight excluding hydrogens is 408 g/mol. The number of nitrogens with zero attached hydrogens (tertiary/aromatic N) is 3. The zero-order valence-corrected chi connectivity index (χ0v) is 19.2. The largest absolute Gasteiger partial charge is 0.497 e. The number of thioether (sulfide) groups is 1. The van der Waals surface area contributed by atoms with Gasteiger partial charge < -0.3 is 10.1 Å². The fraction of sp³-hybridized carbons (Fsp3) is 0.375. The number of carbonyl (C=O) groups is 1. The molecule has 0 aliphatic carbocycles. The van der Waals surface area contributed by atoms with E-state index in [4.69, 9.17) is 4.74 Å². The maximum Gasteiger partial charge on any atom is 0.220 e. The van der Waals surface area contributed by atoms with Gasteiger partial charge in [0.25, 0.3) is 0 Å². The first-order valence-corrected chi connectivity index (χ1v) is 11.6. The maximum atomic E-state index is 12.0. The van der Waals surface area contributed by atoms with Crippen LogP contribution in [0.3, 0.4) is 0 Å². The van der Waals surface area contributed by atoms with Crippen molar-refractivity contribution in [3.8, 4) is 22.8 Å². The molecule has 0 atom stereocenters. The minimum Gasteiger partial charge on any atom is -0.497 e. The number of benzene rings is 2. The van der Waals surface area contributed by atoms with Crippen LogP contribution in [-0.2, 0) is 4.79 Å². The SMILES string of the molecule is COc1cccc(-c2nnc(SCCCC(=O)NCCC(C)C)n2-c2ccccc2)c1. The summed E-state index contributed by atoms with van der Waals surface area (Å²) in [6.45, 7) is 5.06. The molecule has 7 heteroatoms. The van der Waals surface area contributed by atoms with E-state index in [1.807, 2.05) is 54.6 Å². The van der Waals surface area contributed by atoms with Crippen molar-refractivity contribution >= 4 is 17.7 Å². The van der Waals surface area contributed by atoms with E-state index in [1.54, 1.807) is 18.9 Å². The van der Waals surface area contributed by atoms with Crippen LogP contribution < -0.4 is 10.1 Å². The quantitative estimate of drug-likeness (QED) is 0.338. The number of hydrogen-bond donors (Lipinski definition) is 1. The molecule has 2 aromatic carbocycles. The topological polar surface area (TPSA) is 69.0 Å². The van der Waals surface area contributed by atoms with Gasteiger partial charge in [0.15, 0.2) is 11.0 Å². The van der Waals surface area contributed by atoms with E-state index in [9.17, 15) is 4.79 Å². The molecule has 0 spiro atoms. The summed E-state index contributed by atoms with van der Waals surface area (Å²) in [6, 6.07) is 17.9. The number of amides is 1. The molecule has 0 aliphatic rings. The maximum absolute atomic E-state index is 12.0. The summed E-state index contributed by atoms with van der Waals surface area (Å²) in [5, 5.41) is 12.7. The van der Waals surface area contributed by atoms with Gasteiger partial charge in [0.1, 0.15) is 5.75 Å². The van der Waals surface area contributed by atoms with Crippen molar-refractivity contribution in [3.05, 3.63) is 54.6 Å². The van der Waals surface area contributed by atoms with Crippen LogP contribution in [0, 0.1) is 5.92 Å². The van der Waals surface area contributed by atoms with E-state index in [0.717, 1.165) is 53.1 Å². The average Bonchev–Trinajstić information content (AvgIpc) is 3.21. The molecule has 1 aromatic heterocycles.